The number of fused-ring (bicyclic) bond motifs is 2. The topological polar surface area (TPSA) is 87.8 Å². The molecule has 7 heteroatoms. The summed E-state index contributed by atoms with van der Waals surface area (Å²) < 4.78 is 5.06. The van der Waals surface area contributed by atoms with E-state index >= 15 is 0 Å². The number of nitrogens with one attached hydrogen (secondary N) is 3. The van der Waals surface area contributed by atoms with Gasteiger partial charge in [-0.05, 0) is 41.6 Å². The lowest BCUT2D eigenvalue weighted by Gasteiger charge is -2.08. The number of H-pyrrole nitrogens is 1. The van der Waals surface area contributed by atoms with Gasteiger partial charge in [0.1, 0.15) is 17.2 Å². The van der Waals surface area contributed by atoms with Gasteiger partial charge in [0.2, 0.25) is 0 Å². The van der Waals surface area contributed by atoms with E-state index in [0.29, 0.717) is 18.0 Å². The summed E-state index contributed by atoms with van der Waals surface area (Å²) in [7, 11) is 1.70. The van der Waals surface area contributed by atoms with E-state index in [9.17, 15) is 0 Å². The number of rotatable bonds is 8. The van der Waals surface area contributed by atoms with Crippen LogP contribution in [0.2, 0.25) is 0 Å². The zero-order valence-corrected chi connectivity index (χ0v) is 15.2. The van der Waals surface area contributed by atoms with E-state index in [1.165, 1.54) is 10.9 Å². The first-order valence-electron chi connectivity index (χ1n) is 8.98. The van der Waals surface area contributed by atoms with Gasteiger partial charge < -0.3 is 20.4 Å². The Balaban J connectivity index is 1.44. The Labute approximate surface area is 157 Å². The highest BCUT2D eigenvalue weighted by molar-refractivity contribution is 5.80. The van der Waals surface area contributed by atoms with Crippen LogP contribution in [-0.4, -0.2) is 40.2 Å². The second-order valence-corrected chi connectivity index (χ2v) is 6.32. The maximum Gasteiger partial charge on any atom is 0.182 e. The molecule has 0 aliphatic rings. The van der Waals surface area contributed by atoms with Crippen LogP contribution >= 0.6 is 0 Å². The minimum atomic E-state index is 0.622. The van der Waals surface area contributed by atoms with Crippen molar-refractivity contribution in [3.05, 3.63) is 54.4 Å². The lowest BCUT2D eigenvalue weighted by atomic mass is 10.1. The summed E-state index contributed by atoms with van der Waals surface area (Å²) in [6, 6.07) is 12.3. The Morgan fingerprint density at radius 3 is 2.89 bits per heavy atom. The molecule has 0 saturated carbocycles. The van der Waals surface area contributed by atoms with Gasteiger partial charge in [0.05, 0.1) is 6.20 Å². The fourth-order valence-electron chi connectivity index (χ4n) is 2.91. The minimum Gasteiger partial charge on any atom is -0.385 e. The zero-order valence-electron chi connectivity index (χ0n) is 15.2. The highest BCUT2D eigenvalue weighted by Crippen LogP contribution is 2.17. The van der Waals surface area contributed by atoms with Crippen LogP contribution in [0.5, 0.6) is 0 Å². The predicted octanol–water partition coefficient (Wildman–Crippen LogP) is 3.57. The SMILES string of the molecule is COCCCNc1ccc2ncc(NCc3ccc4cc[nH]c4c3)nc2n1. The molecule has 0 radical (unpaired) electrons. The van der Waals surface area contributed by atoms with Gasteiger partial charge in [-0.15, -0.1) is 0 Å². The largest absolute Gasteiger partial charge is 0.385 e. The average Bonchev–Trinajstić information content (AvgIpc) is 3.17. The second-order valence-electron chi connectivity index (χ2n) is 6.32. The fourth-order valence-corrected chi connectivity index (χ4v) is 2.91. The summed E-state index contributed by atoms with van der Waals surface area (Å²) in [4.78, 5) is 16.8. The van der Waals surface area contributed by atoms with E-state index in [-0.39, 0.29) is 0 Å². The first-order valence-corrected chi connectivity index (χ1v) is 8.98. The lowest BCUT2D eigenvalue weighted by molar-refractivity contribution is 0.198. The number of hydrogen-bond acceptors (Lipinski definition) is 6. The molecular weight excluding hydrogens is 340 g/mol. The Bertz CT molecular complexity index is 1040. The molecule has 0 aliphatic heterocycles. The summed E-state index contributed by atoms with van der Waals surface area (Å²) >= 11 is 0. The van der Waals surface area contributed by atoms with Crippen molar-refractivity contribution in [2.45, 2.75) is 13.0 Å². The highest BCUT2D eigenvalue weighted by atomic mass is 16.5. The maximum absolute atomic E-state index is 5.06. The minimum absolute atomic E-state index is 0.622. The molecule has 4 aromatic rings. The van der Waals surface area contributed by atoms with E-state index in [1.54, 1.807) is 13.3 Å². The Hall–Kier alpha value is -3.19. The van der Waals surface area contributed by atoms with Crippen molar-refractivity contribution in [1.82, 2.24) is 19.9 Å². The number of anilines is 2. The average molecular weight is 362 g/mol. The third kappa shape index (κ3) is 4.15. The molecule has 0 atom stereocenters. The summed E-state index contributed by atoms with van der Waals surface area (Å²) in [6.07, 6.45) is 4.61. The second kappa shape index (κ2) is 8.01. The number of aromatic nitrogens is 4. The smallest absolute Gasteiger partial charge is 0.182 e. The third-order valence-corrected chi connectivity index (χ3v) is 4.33. The zero-order chi connectivity index (χ0) is 18.5. The van der Waals surface area contributed by atoms with Gasteiger partial charge >= 0.3 is 0 Å². The van der Waals surface area contributed by atoms with Crippen molar-refractivity contribution < 1.29 is 4.74 Å². The van der Waals surface area contributed by atoms with Gasteiger partial charge in [-0.2, -0.15) is 0 Å². The van der Waals surface area contributed by atoms with E-state index in [4.69, 9.17) is 4.74 Å². The lowest BCUT2D eigenvalue weighted by Crippen LogP contribution is -2.07. The van der Waals surface area contributed by atoms with Crippen LogP contribution in [0.4, 0.5) is 11.6 Å². The first kappa shape index (κ1) is 17.2. The van der Waals surface area contributed by atoms with Gasteiger partial charge in [0, 0.05) is 38.5 Å². The Morgan fingerprint density at radius 2 is 1.96 bits per heavy atom. The molecule has 0 spiro atoms. The quantitative estimate of drug-likeness (QED) is 0.415. The van der Waals surface area contributed by atoms with E-state index in [1.807, 2.05) is 18.3 Å². The van der Waals surface area contributed by atoms with Crippen molar-refractivity contribution in [2.75, 3.05) is 30.9 Å². The van der Waals surface area contributed by atoms with Crippen molar-refractivity contribution in [1.29, 1.82) is 0 Å². The summed E-state index contributed by atoms with van der Waals surface area (Å²) in [5.74, 6) is 1.50. The van der Waals surface area contributed by atoms with E-state index in [2.05, 4.69) is 54.8 Å². The Kier molecular flexibility index (Phi) is 5.11. The molecule has 0 saturated heterocycles. The molecular formula is C20H22N6O. The number of hydrogen-bond donors (Lipinski definition) is 3. The first-order chi connectivity index (χ1) is 13.3. The summed E-state index contributed by atoms with van der Waals surface area (Å²) in [5, 5.41) is 7.81. The maximum atomic E-state index is 5.06. The molecule has 0 bridgehead atoms. The van der Waals surface area contributed by atoms with Crippen LogP contribution < -0.4 is 10.6 Å². The third-order valence-electron chi connectivity index (χ3n) is 4.33. The molecule has 7 nitrogen and oxygen atoms in total. The fraction of sp³-hybridized carbons (Fsp3) is 0.250. The standard InChI is InChI=1S/C20H22N6O/c1-27-10-2-8-22-18-6-5-16-20(25-18)26-19(13-23-16)24-12-14-3-4-15-7-9-21-17(15)11-14/h3-7,9,11,13,21H,2,8,10,12H2,1H3,(H2,22,24,25,26). The van der Waals surface area contributed by atoms with Gasteiger partial charge in [0.15, 0.2) is 5.65 Å². The van der Waals surface area contributed by atoms with Crippen LogP contribution in [0.15, 0.2) is 48.8 Å². The van der Waals surface area contributed by atoms with Crippen LogP contribution in [0.1, 0.15) is 12.0 Å². The number of benzene rings is 1. The molecule has 0 amide bonds. The van der Waals surface area contributed by atoms with Crippen molar-refractivity contribution in [3.8, 4) is 0 Å². The summed E-state index contributed by atoms with van der Waals surface area (Å²) in [6.45, 7) is 2.20. The van der Waals surface area contributed by atoms with E-state index < -0.39 is 0 Å². The number of methoxy groups -OCH3 is 1. The normalized spacial score (nSPS) is 11.1. The van der Waals surface area contributed by atoms with Crippen LogP contribution in [0, 0.1) is 0 Å². The van der Waals surface area contributed by atoms with Gasteiger partial charge in [-0.3, -0.25) is 0 Å². The van der Waals surface area contributed by atoms with Gasteiger partial charge in [0.25, 0.3) is 0 Å². The number of aromatic amines is 1. The predicted molar refractivity (Wildman–Crippen MR) is 108 cm³/mol. The monoisotopic (exact) mass is 362 g/mol. The molecule has 27 heavy (non-hydrogen) atoms. The number of ether oxygens (including phenoxy) is 1. The van der Waals surface area contributed by atoms with Gasteiger partial charge in [-0.25, -0.2) is 15.0 Å². The molecule has 0 aliphatic carbocycles. The van der Waals surface area contributed by atoms with Crippen LogP contribution in [-0.2, 0) is 11.3 Å². The van der Waals surface area contributed by atoms with Crippen molar-refractivity contribution in [2.24, 2.45) is 0 Å². The van der Waals surface area contributed by atoms with Gasteiger partial charge in [-0.1, -0.05) is 12.1 Å². The van der Waals surface area contributed by atoms with Crippen molar-refractivity contribution in [3.63, 3.8) is 0 Å². The molecule has 3 aromatic heterocycles. The molecule has 4 rings (SSSR count). The molecule has 3 N–H and O–H groups in total. The molecule has 138 valence electrons. The van der Waals surface area contributed by atoms with E-state index in [0.717, 1.165) is 36.4 Å². The van der Waals surface area contributed by atoms with Crippen molar-refractivity contribution >= 4 is 33.7 Å². The molecule has 1 aromatic carbocycles. The molecule has 0 unspecified atom stereocenters. The Morgan fingerprint density at radius 1 is 1.04 bits per heavy atom. The number of nitrogens with zero attached hydrogens (tertiary/aromatic N) is 3. The molecule has 0 fully saturated rings. The van der Waals surface area contributed by atoms with Crippen LogP contribution in [0.3, 0.4) is 0 Å². The summed E-state index contributed by atoms with van der Waals surface area (Å²) in [5.41, 5.74) is 3.70. The number of pyridine rings is 1. The highest BCUT2D eigenvalue weighted by Gasteiger charge is 2.04. The van der Waals surface area contributed by atoms with Crippen LogP contribution in [0.25, 0.3) is 22.1 Å². The molecule has 3 heterocycles.